The molecule has 76 valence electrons. The van der Waals surface area contributed by atoms with E-state index in [9.17, 15) is 0 Å². The Morgan fingerprint density at radius 1 is 1.13 bits per heavy atom. The summed E-state index contributed by atoms with van der Waals surface area (Å²) in [7, 11) is 0. The van der Waals surface area contributed by atoms with Gasteiger partial charge >= 0.3 is 0 Å². The molecule has 7 heteroatoms. The van der Waals surface area contributed by atoms with E-state index < -0.39 is 0 Å². The summed E-state index contributed by atoms with van der Waals surface area (Å²) in [5.41, 5.74) is 0.571. The third kappa shape index (κ3) is 2.25. The van der Waals surface area contributed by atoms with Crippen LogP contribution in [0.5, 0.6) is 0 Å². The van der Waals surface area contributed by atoms with Crippen molar-refractivity contribution < 1.29 is 0 Å². The van der Waals surface area contributed by atoms with Gasteiger partial charge in [-0.1, -0.05) is 23.2 Å². The SMILES string of the molecule is Clc1nc(-c2ccncn2)nc(Cl)c1Br. The highest BCUT2D eigenvalue weighted by Crippen LogP contribution is 2.28. The summed E-state index contributed by atoms with van der Waals surface area (Å²) >= 11 is 14.9. The maximum atomic E-state index is 5.84. The molecule has 0 saturated heterocycles. The minimum absolute atomic E-state index is 0.253. The highest BCUT2D eigenvalue weighted by atomic mass is 79.9. The Labute approximate surface area is 104 Å². The molecule has 0 saturated carbocycles. The lowest BCUT2D eigenvalue weighted by Gasteiger charge is -2.02. The predicted octanol–water partition coefficient (Wildman–Crippen LogP) is 3.00. The van der Waals surface area contributed by atoms with Crippen molar-refractivity contribution >= 4 is 39.1 Å². The second-order valence-corrected chi connectivity index (χ2v) is 4.05. The molecule has 0 fully saturated rings. The average Bonchev–Trinajstić information content (AvgIpc) is 2.26. The van der Waals surface area contributed by atoms with Crippen LogP contribution >= 0.6 is 39.1 Å². The van der Waals surface area contributed by atoms with Gasteiger partial charge in [0.2, 0.25) is 0 Å². The number of halogens is 3. The highest BCUT2D eigenvalue weighted by Gasteiger charge is 2.10. The summed E-state index contributed by atoms with van der Waals surface area (Å²) in [5, 5.41) is 0.507. The van der Waals surface area contributed by atoms with Crippen LogP contribution in [0.2, 0.25) is 10.3 Å². The smallest absolute Gasteiger partial charge is 0.181 e. The fourth-order valence-corrected chi connectivity index (χ4v) is 1.50. The summed E-state index contributed by atoms with van der Waals surface area (Å²) in [6.07, 6.45) is 3.00. The molecule has 0 spiro atoms. The summed E-state index contributed by atoms with van der Waals surface area (Å²) in [6, 6.07) is 1.68. The first-order valence-corrected chi connectivity index (χ1v) is 5.38. The Bertz CT molecular complexity index is 468. The molecular formula is C8H3BrCl2N4. The van der Waals surface area contributed by atoms with Crippen molar-refractivity contribution in [1.82, 2.24) is 19.9 Å². The molecule has 2 rings (SSSR count). The largest absolute Gasteiger partial charge is 0.245 e. The normalized spacial score (nSPS) is 10.3. The lowest BCUT2D eigenvalue weighted by molar-refractivity contribution is 1.10. The second kappa shape index (κ2) is 4.38. The minimum Gasteiger partial charge on any atom is -0.245 e. The second-order valence-electron chi connectivity index (χ2n) is 2.54. The zero-order chi connectivity index (χ0) is 10.8. The van der Waals surface area contributed by atoms with Gasteiger partial charge in [0, 0.05) is 6.20 Å². The quantitative estimate of drug-likeness (QED) is 0.760. The zero-order valence-electron chi connectivity index (χ0n) is 7.15. The van der Waals surface area contributed by atoms with Crippen molar-refractivity contribution in [3.05, 3.63) is 33.4 Å². The van der Waals surface area contributed by atoms with Gasteiger partial charge in [-0.25, -0.2) is 19.9 Å². The number of hydrogen-bond donors (Lipinski definition) is 0. The Morgan fingerprint density at radius 2 is 1.80 bits per heavy atom. The van der Waals surface area contributed by atoms with Gasteiger partial charge in [0.05, 0.1) is 4.47 Å². The molecule has 0 aliphatic carbocycles. The third-order valence-electron chi connectivity index (χ3n) is 1.58. The van der Waals surface area contributed by atoms with Crippen molar-refractivity contribution in [3.63, 3.8) is 0 Å². The van der Waals surface area contributed by atoms with Crippen LogP contribution in [0, 0.1) is 0 Å². The molecule has 2 heterocycles. The van der Waals surface area contributed by atoms with E-state index in [2.05, 4.69) is 35.9 Å². The maximum absolute atomic E-state index is 5.84. The fourth-order valence-electron chi connectivity index (χ4n) is 0.932. The Hall–Kier alpha value is -0.780. The van der Waals surface area contributed by atoms with Gasteiger partial charge in [0.1, 0.15) is 22.3 Å². The van der Waals surface area contributed by atoms with E-state index in [0.29, 0.717) is 16.0 Å². The van der Waals surface area contributed by atoms with E-state index >= 15 is 0 Å². The van der Waals surface area contributed by atoms with Crippen LogP contribution in [0.15, 0.2) is 23.1 Å². The maximum Gasteiger partial charge on any atom is 0.181 e. The van der Waals surface area contributed by atoms with Crippen LogP contribution in [-0.4, -0.2) is 19.9 Å². The minimum atomic E-state index is 0.253. The van der Waals surface area contributed by atoms with E-state index in [0.717, 1.165) is 0 Å². The van der Waals surface area contributed by atoms with Crippen molar-refractivity contribution in [2.24, 2.45) is 0 Å². The molecule has 0 aromatic carbocycles. The number of nitrogens with zero attached hydrogens (tertiary/aromatic N) is 4. The summed E-state index contributed by atoms with van der Waals surface area (Å²) in [6.45, 7) is 0. The summed E-state index contributed by atoms with van der Waals surface area (Å²) in [4.78, 5) is 15.9. The Kier molecular flexibility index (Phi) is 3.14. The van der Waals surface area contributed by atoms with Gasteiger partial charge in [0.25, 0.3) is 0 Å². The number of aromatic nitrogens is 4. The molecule has 0 unspecified atom stereocenters. The van der Waals surface area contributed by atoms with Crippen molar-refractivity contribution in [2.45, 2.75) is 0 Å². The molecule has 0 atom stereocenters. The first-order valence-electron chi connectivity index (χ1n) is 3.83. The first-order chi connectivity index (χ1) is 7.18. The lowest BCUT2D eigenvalue weighted by atomic mass is 10.4. The van der Waals surface area contributed by atoms with E-state index in [1.54, 1.807) is 12.3 Å². The van der Waals surface area contributed by atoms with Gasteiger partial charge < -0.3 is 0 Å². The monoisotopic (exact) mass is 304 g/mol. The van der Waals surface area contributed by atoms with Crippen molar-refractivity contribution in [1.29, 1.82) is 0 Å². The van der Waals surface area contributed by atoms with Crippen LogP contribution in [0.25, 0.3) is 11.5 Å². The van der Waals surface area contributed by atoms with Gasteiger partial charge in [-0.2, -0.15) is 0 Å². The van der Waals surface area contributed by atoms with Gasteiger partial charge in [-0.15, -0.1) is 0 Å². The lowest BCUT2D eigenvalue weighted by Crippen LogP contribution is -1.94. The molecule has 0 amide bonds. The molecule has 0 bridgehead atoms. The Morgan fingerprint density at radius 3 is 2.33 bits per heavy atom. The standard InChI is InChI=1S/C8H3BrCl2N4/c9-5-6(10)14-8(15-7(5)11)4-1-2-12-3-13-4/h1-3H. The first kappa shape index (κ1) is 10.7. The van der Waals surface area contributed by atoms with Gasteiger partial charge in [-0.3, -0.25) is 0 Å². The van der Waals surface area contributed by atoms with E-state index in [1.165, 1.54) is 6.33 Å². The molecule has 0 aliphatic heterocycles. The van der Waals surface area contributed by atoms with Gasteiger partial charge in [0.15, 0.2) is 5.82 Å². The average molecular weight is 306 g/mol. The predicted molar refractivity (Wildman–Crippen MR) is 60.8 cm³/mol. The molecule has 0 radical (unpaired) electrons. The van der Waals surface area contributed by atoms with E-state index in [-0.39, 0.29) is 10.3 Å². The van der Waals surface area contributed by atoms with Crippen LogP contribution < -0.4 is 0 Å². The topological polar surface area (TPSA) is 51.6 Å². The molecule has 0 aliphatic rings. The molecule has 4 nitrogen and oxygen atoms in total. The van der Waals surface area contributed by atoms with Crippen LogP contribution in [0.3, 0.4) is 0 Å². The third-order valence-corrected chi connectivity index (χ3v) is 3.34. The molecular weight excluding hydrogens is 303 g/mol. The number of hydrogen-bond acceptors (Lipinski definition) is 4. The Balaban J connectivity index is 2.56. The van der Waals surface area contributed by atoms with Crippen molar-refractivity contribution in [2.75, 3.05) is 0 Å². The summed E-state index contributed by atoms with van der Waals surface area (Å²) in [5.74, 6) is 0.371. The molecule has 15 heavy (non-hydrogen) atoms. The van der Waals surface area contributed by atoms with Gasteiger partial charge in [-0.05, 0) is 22.0 Å². The molecule has 2 aromatic heterocycles. The van der Waals surface area contributed by atoms with Crippen molar-refractivity contribution in [3.8, 4) is 11.5 Å². The molecule has 2 aromatic rings. The summed E-state index contributed by atoms with van der Waals surface area (Å²) < 4.78 is 0.476. The van der Waals surface area contributed by atoms with E-state index in [1.807, 2.05) is 0 Å². The van der Waals surface area contributed by atoms with Crippen LogP contribution in [-0.2, 0) is 0 Å². The molecule has 0 N–H and O–H groups in total. The zero-order valence-corrected chi connectivity index (χ0v) is 10.3. The van der Waals surface area contributed by atoms with Crippen LogP contribution in [0.4, 0.5) is 0 Å². The van der Waals surface area contributed by atoms with E-state index in [4.69, 9.17) is 23.2 Å². The number of rotatable bonds is 1. The highest BCUT2D eigenvalue weighted by molar-refractivity contribution is 9.10. The van der Waals surface area contributed by atoms with Crippen LogP contribution in [0.1, 0.15) is 0 Å². The fraction of sp³-hybridized carbons (Fsp3) is 0.